The lowest BCUT2D eigenvalue weighted by Gasteiger charge is -2.36. The van der Waals surface area contributed by atoms with Gasteiger partial charge in [0.1, 0.15) is 17.3 Å². The minimum absolute atomic E-state index is 0.0499. The van der Waals surface area contributed by atoms with Gasteiger partial charge >= 0.3 is 0 Å². The maximum atomic E-state index is 13.8. The van der Waals surface area contributed by atoms with Crippen molar-refractivity contribution >= 4 is 23.1 Å². The number of carbonyl (C=O) groups is 2. The number of β-amino-alcohol motifs (C(OH)–C–C–N with tert-alkyl or cyclic N) is 1. The van der Waals surface area contributed by atoms with Crippen LogP contribution in [0.1, 0.15) is 5.56 Å². The molecule has 8 heteroatoms. The quantitative estimate of drug-likeness (QED) is 0.759. The van der Waals surface area contributed by atoms with Crippen LogP contribution in [0, 0.1) is 11.6 Å². The SMILES string of the molecule is O=C1C(c2ccc(F)cc2)=C(N2CCN(CCO)CC2)C(=O)N1c1cccc(F)c1. The van der Waals surface area contributed by atoms with Gasteiger partial charge in [-0.2, -0.15) is 0 Å². The van der Waals surface area contributed by atoms with Crippen LogP contribution in [0.2, 0.25) is 0 Å². The van der Waals surface area contributed by atoms with Crippen LogP contribution in [-0.4, -0.2) is 66.1 Å². The molecule has 2 heterocycles. The Hall–Kier alpha value is -3.10. The highest BCUT2D eigenvalue weighted by Gasteiger charge is 2.43. The molecule has 2 aliphatic rings. The molecule has 4 rings (SSSR count). The van der Waals surface area contributed by atoms with Crippen molar-refractivity contribution in [1.29, 1.82) is 0 Å². The first-order valence-corrected chi connectivity index (χ1v) is 9.72. The molecular weight excluding hydrogens is 392 g/mol. The number of halogens is 2. The normalized spacial score (nSPS) is 18.0. The maximum Gasteiger partial charge on any atom is 0.282 e. The third-order valence-electron chi connectivity index (χ3n) is 5.36. The number of carbonyl (C=O) groups excluding carboxylic acids is 2. The van der Waals surface area contributed by atoms with Gasteiger partial charge in [-0.3, -0.25) is 14.5 Å². The number of benzene rings is 2. The van der Waals surface area contributed by atoms with Crippen LogP contribution in [0.25, 0.3) is 5.57 Å². The molecule has 0 bridgehead atoms. The van der Waals surface area contributed by atoms with Crippen molar-refractivity contribution in [2.24, 2.45) is 0 Å². The van der Waals surface area contributed by atoms with E-state index in [2.05, 4.69) is 4.90 Å². The molecule has 1 N–H and O–H groups in total. The summed E-state index contributed by atoms with van der Waals surface area (Å²) < 4.78 is 27.2. The molecule has 0 radical (unpaired) electrons. The lowest BCUT2D eigenvalue weighted by Crippen LogP contribution is -2.48. The number of nitrogens with zero attached hydrogens (tertiary/aromatic N) is 3. The molecule has 2 aromatic rings. The van der Waals surface area contributed by atoms with Gasteiger partial charge in [0, 0.05) is 32.7 Å². The van der Waals surface area contributed by atoms with Crippen LogP contribution in [0.3, 0.4) is 0 Å². The zero-order chi connectivity index (χ0) is 21.3. The molecule has 0 atom stereocenters. The lowest BCUT2D eigenvalue weighted by atomic mass is 10.0. The minimum Gasteiger partial charge on any atom is -0.395 e. The molecule has 2 aliphatic heterocycles. The van der Waals surface area contributed by atoms with Crippen LogP contribution < -0.4 is 4.90 Å². The molecule has 30 heavy (non-hydrogen) atoms. The van der Waals surface area contributed by atoms with Crippen molar-refractivity contribution in [3.8, 4) is 0 Å². The van der Waals surface area contributed by atoms with Gasteiger partial charge in [-0.25, -0.2) is 13.7 Å². The molecule has 1 fully saturated rings. The molecule has 2 amide bonds. The molecular formula is C22H21F2N3O3. The Morgan fingerprint density at radius 3 is 2.20 bits per heavy atom. The number of anilines is 1. The number of imide groups is 1. The van der Waals surface area contributed by atoms with Crippen molar-refractivity contribution in [1.82, 2.24) is 9.80 Å². The van der Waals surface area contributed by atoms with E-state index in [4.69, 9.17) is 5.11 Å². The highest BCUT2D eigenvalue weighted by atomic mass is 19.1. The molecule has 0 unspecified atom stereocenters. The van der Waals surface area contributed by atoms with Crippen molar-refractivity contribution in [3.63, 3.8) is 0 Å². The topological polar surface area (TPSA) is 64.1 Å². The third-order valence-corrected chi connectivity index (χ3v) is 5.36. The second-order valence-electron chi connectivity index (χ2n) is 7.21. The van der Waals surface area contributed by atoms with Crippen LogP contribution >= 0.6 is 0 Å². The highest BCUT2D eigenvalue weighted by Crippen LogP contribution is 2.35. The third kappa shape index (κ3) is 3.71. The largest absolute Gasteiger partial charge is 0.395 e. The zero-order valence-corrected chi connectivity index (χ0v) is 16.2. The Morgan fingerprint density at radius 2 is 1.57 bits per heavy atom. The monoisotopic (exact) mass is 413 g/mol. The summed E-state index contributed by atoms with van der Waals surface area (Å²) in [4.78, 5) is 31.5. The molecule has 156 valence electrons. The standard InChI is InChI=1S/C22H21F2N3O3/c23-16-6-4-15(5-7-16)19-20(26-10-8-25(9-11-26)12-13-28)22(30)27(21(19)29)18-3-1-2-17(24)14-18/h1-7,14,28H,8-13H2. The summed E-state index contributed by atoms with van der Waals surface area (Å²) in [6.07, 6.45) is 0. The van der Waals surface area contributed by atoms with E-state index < -0.39 is 23.4 Å². The number of hydrogen-bond acceptors (Lipinski definition) is 5. The van der Waals surface area contributed by atoms with E-state index in [-0.39, 0.29) is 23.6 Å². The van der Waals surface area contributed by atoms with Gasteiger partial charge in [-0.1, -0.05) is 18.2 Å². The van der Waals surface area contributed by atoms with Gasteiger partial charge in [0.25, 0.3) is 11.8 Å². The Morgan fingerprint density at radius 1 is 0.867 bits per heavy atom. The van der Waals surface area contributed by atoms with Gasteiger partial charge in [0.2, 0.25) is 0 Å². The Kier molecular flexibility index (Phi) is 5.61. The summed E-state index contributed by atoms with van der Waals surface area (Å²) >= 11 is 0. The van der Waals surface area contributed by atoms with Crippen LogP contribution in [0.4, 0.5) is 14.5 Å². The first-order chi connectivity index (χ1) is 14.5. The summed E-state index contributed by atoms with van der Waals surface area (Å²) in [5.41, 5.74) is 0.999. The molecule has 6 nitrogen and oxygen atoms in total. The van der Waals surface area contributed by atoms with Crippen LogP contribution in [0.5, 0.6) is 0 Å². The fourth-order valence-corrected chi connectivity index (χ4v) is 3.87. The summed E-state index contributed by atoms with van der Waals surface area (Å²) in [6.45, 7) is 2.84. The number of aliphatic hydroxyl groups excluding tert-OH is 1. The van der Waals surface area contributed by atoms with Gasteiger partial charge < -0.3 is 10.0 Å². The van der Waals surface area contributed by atoms with E-state index in [9.17, 15) is 18.4 Å². The second kappa shape index (κ2) is 8.33. The molecule has 1 saturated heterocycles. The highest BCUT2D eigenvalue weighted by molar-refractivity contribution is 6.45. The van der Waals surface area contributed by atoms with Crippen molar-refractivity contribution in [2.45, 2.75) is 0 Å². The summed E-state index contributed by atoms with van der Waals surface area (Å²) in [6, 6.07) is 10.7. The van der Waals surface area contributed by atoms with Crippen molar-refractivity contribution in [3.05, 3.63) is 71.4 Å². The van der Waals surface area contributed by atoms with Crippen LogP contribution in [0.15, 0.2) is 54.2 Å². The van der Waals surface area contributed by atoms with E-state index in [1.807, 2.05) is 4.90 Å². The summed E-state index contributed by atoms with van der Waals surface area (Å²) in [7, 11) is 0. The van der Waals surface area contributed by atoms with Gasteiger partial charge in [-0.05, 0) is 35.9 Å². The molecule has 0 aromatic heterocycles. The van der Waals surface area contributed by atoms with Gasteiger partial charge in [0.05, 0.1) is 17.9 Å². The fourth-order valence-electron chi connectivity index (χ4n) is 3.87. The zero-order valence-electron chi connectivity index (χ0n) is 16.2. The number of hydrogen-bond donors (Lipinski definition) is 1. The van der Waals surface area contributed by atoms with E-state index >= 15 is 0 Å². The second-order valence-corrected chi connectivity index (χ2v) is 7.21. The molecule has 2 aromatic carbocycles. The number of rotatable bonds is 5. The van der Waals surface area contributed by atoms with E-state index in [0.29, 0.717) is 38.3 Å². The van der Waals surface area contributed by atoms with E-state index in [0.717, 1.165) is 11.0 Å². The average Bonchev–Trinajstić information content (AvgIpc) is 3.00. The predicted octanol–water partition coefficient (Wildman–Crippen LogP) is 1.86. The first kappa shape index (κ1) is 20.2. The first-order valence-electron chi connectivity index (χ1n) is 9.72. The minimum atomic E-state index is -0.565. The summed E-state index contributed by atoms with van der Waals surface area (Å²) in [5.74, 6) is -2.09. The number of amides is 2. The fraction of sp³-hybridized carbons (Fsp3) is 0.273. The Balaban J connectivity index is 1.74. The molecule has 0 saturated carbocycles. The average molecular weight is 413 g/mol. The lowest BCUT2D eigenvalue weighted by molar-refractivity contribution is -0.120. The smallest absolute Gasteiger partial charge is 0.282 e. The number of piperazine rings is 1. The van der Waals surface area contributed by atoms with Gasteiger partial charge in [0.15, 0.2) is 0 Å². The number of aliphatic hydroxyl groups is 1. The summed E-state index contributed by atoms with van der Waals surface area (Å²) in [5, 5.41) is 9.14. The predicted molar refractivity (Wildman–Crippen MR) is 107 cm³/mol. The van der Waals surface area contributed by atoms with Crippen molar-refractivity contribution < 1.29 is 23.5 Å². The maximum absolute atomic E-state index is 13.8. The van der Waals surface area contributed by atoms with E-state index in [1.54, 1.807) is 0 Å². The molecule has 0 spiro atoms. The Bertz CT molecular complexity index is 999. The van der Waals surface area contributed by atoms with Crippen molar-refractivity contribution in [2.75, 3.05) is 44.2 Å². The van der Waals surface area contributed by atoms with E-state index in [1.165, 1.54) is 42.5 Å². The van der Waals surface area contributed by atoms with Crippen LogP contribution in [-0.2, 0) is 9.59 Å². The van der Waals surface area contributed by atoms with Gasteiger partial charge in [-0.15, -0.1) is 0 Å². The molecule has 0 aliphatic carbocycles. The Labute approximate surface area is 172 Å².